The van der Waals surface area contributed by atoms with Gasteiger partial charge in [-0.2, -0.15) is 39.5 Å². The van der Waals surface area contributed by atoms with E-state index in [1.807, 2.05) is 0 Å². The van der Waals surface area contributed by atoms with E-state index in [9.17, 15) is 48.5 Å². The second kappa shape index (κ2) is 7.60. The molecule has 0 aliphatic carbocycles. The van der Waals surface area contributed by atoms with Crippen LogP contribution in [-0.4, -0.2) is 57.0 Å². The van der Waals surface area contributed by atoms with Crippen LogP contribution in [0.3, 0.4) is 0 Å². The summed E-state index contributed by atoms with van der Waals surface area (Å²) < 4.78 is 133. The van der Waals surface area contributed by atoms with Gasteiger partial charge in [-0.15, -0.1) is 0 Å². The number of hydrogen-bond acceptors (Lipinski definition) is 3. The third-order valence-corrected chi connectivity index (χ3v) is 5.11. The van der Waals surface area contributed by atoms with Crippen LogP contribution in [0.15, 0.2) is 11.6 Å². The highest BCUT2D eigenvalue weighted by Crippen LogP contribution is 2.54. The van der Waals surface area contributed by atoms with Gasteiger partial charge in [-0.25, -0.2) is 8.51 Å². The molecule has 1 rings (SSSR count). The molecule has 1 aliphatic heterocycles. The van der Waals surface area contributed by atoms with Crippen molar-refractivity contribution < 1.29 is 53.3 Å². The molecule has 0 spiro atoms. The van der Waals surface area contributed by atoms with Gasteiger partial charge in [0.15, 0.2) is 11.0 Å². The summed E-state index contributed by atoms with van der Waals surface area (Å²) >= 11 is 0. The summed E-state index contributed by atoms with van der Waals surface area (Å²) in [4.78, 5) is 11.8. The van der Waals surface area contributed by atoms with Crippen LogP contribution in [0, 0.1) is 0 Å². The van der Waals surface area contributed by atoms with Gasteiger partial charge in [-0.3, -0.25) is 4.79 Å². The summed E-state index contributed by atoms with van der Waals surface area (Å²) in [6, 6.07) is -1.82. The van der Waals surface area contributed by atoms with Crippen molar-refractivity contribution in [3.63, 3.8) is 0 Å². The van der Waals surface area contributed by atoms with E-state index in [1.165, 1.54) is 13.8 Å². The molecule has 0 aromatic heterocycles. The second-order valence-corrected chi connectivity index (χ2v) is 7.01. The van der Waals surface area contributed by atoms with Crippen LogP contribution in [0.25, 0.3) is 0 Å². The van der Waals surface area contributed by atoms with Gasteiger partial charge in [0.1, 0.15) is 6.04 Å². The predicted octanol–water partition coefficient (Wildman–Crippen LogP) is 3.66. The molecule has 0 bridgehead atoms. The van der Waals surface area contributed by atoms with E-state index in [0.29, 0.717) is 5.57 Å². The fourth-order valence-electron chi connectivity index (χ4n) is 2.10. The maximum atomic E-state index is 13.9. The van der Waals surface area contributed by atoms with Crippen LogP contribution in [0.2, 0.25) is 0 Å². The highest BCUT2D eigenvalue weighted by molar-refractivity contribution is 7.83. The summed E-state index contributed by atoms with van der Waals surface area (Å²) in [5, 5.41) is -6.34. The first kappa shape index (κ1) is 23.7. The average Bonchev–Trinajstić information content (AvgIpc) is 2.52. The maximum Gasteiger partial charge on any atom is 0.460 e. The van der Waals surface area contributed by atoms with Crippen molar-refractivity contribution in [2.24, 2.45) is 0 Å². The number of alkyl halides is 9. The Morgan fingerprint density at radius 3 is 2.11 bits per heavy atom. The Bertz CT molecular complexity index is 633. The number of rotatable bonds is 6. The molecule has 27 heavy (non-hydrogen) atoms. The van der Waals surface area contributed by atoms with E-state index >= 15 is 0 Å². The normalized spacial score (nSPS) is 21.6. The molecule has 0 aromatic carbocycles. The molecule has 1 heterocycles. The molecule has 0 fully saturated rings. The molecule has 1 aliphatic rings. The van der Waals surface area contributed by atoms with Gasteiger partial charge < -0.3 is 4.74 Å². The van der Waals surface area contributed by atoms with E-state index in [4.69, 9.17) is 0 Å². The molecule has 0 saturated carbocycles. The third kappa shape index (κ3) is 4.10. The second-order valence-electron chi connectivity index (χ2n) is 5.53. The molecule has 0 aromatic rings. The molecular formula is C13H14F9NO3S. The van der Waals surface area contributed by atoms with E-state index in [0.717, 1.165) is 6.08 Å². The molecule has 0 amide bonds. The quantitative estimate of drug-likeness (QED) is 0.364. The first-order valence-corrected chi connectivity index (χ1v) is 8.34. The fourth-order valence-corrected chi connectivity index (χ4v) is 3.35. The molecule has 4 nitrogen and oxygen atoms in total. The molecule has 0 N–H and O–H groups in total. The van der Waals surface area contributed by atoms with Crippen LogP contribution in [0.1, 0.15) is 20.3 Å². The lowest BCUT2D eigenvalue weighted by molar-refractivity contribution is -0.382. The first-order valence-electron chi connectivity index (χ1n) is 7.23. The number of esters is 1. The summed E-state index contributed by atoms with van der Waals surface area (Å²) in [6.45, 7) is 1.64. The minimum Gasteiger partial charge on any atom is -0.465 e. The largest absolute Gasteiger partial charge is 0.465 e. The van der Waals surface area contributed by atoms with Gasteiger partial charge in [-0.1, -0.05) is 11.6 Å². The monoisotopic (exact) mass is 435 g/mol. The molecule has 14 heteroatoms. The SMILES string of the molecule is CCOC(=O)[C@@H]1CC(C)=CCN1S(=O)C(F)(F)C(F)(F)C(F)(F)C(F)(F)F. The highest BCUT2D eigenvalue weighted by atomic mass is 32.2. The van der Waals surface area contributed by atoms with Gasteiger partial charge in [0.2, 0.25) is 0 Å². The molecular weight excluding hydrogens is 421 g/mol. The zero-order valence-electron chi connectivity index (χ0n) is 13.8. The van der Waals surface area contributed by atoms with Crippen LogP contribution in [-0.2, 0) is 20.5 Å². The standard InChI is InChI=1S/C13H14F9NO3S/c1-3-26-9(24)8-6-7(2)4-5-23(8)27(25)13(21,22)11(16,17)10(14,15)12(18,19)20/h4,8H,3,5-6H2,1-2H3/t8-,27?/m0/s1. The van der Waals surface area contributed by atoms with Crippen LogP contribution < -0.4 is 0 Å². The van der Waals surface area contributed by atoms with Crippen molar-refractivity contribution in [1.82, 2.24) is 4.31 Å². The number of ether oxygens (including phenoxy) is 1. The molecule has 0 saturated heterocycles. The van der Waals surface area contributed by atoms with E-state index in [-0.39, 0.29) is 10.9 Å². The minimum atomic E-state index is -7.17. The predicted molar refractivity (Wildman–Crippen MR) is 74.5 cm³/mol. The van der Waals surface area contributed by atoms with Gasteiger partial charge in [0, 0.05) is 6.54 Å². The van der Waals surface area contributed by atoms with Crippen LogP contribution >= 0.6 is 0 Å². The lowest BCUT2D eigenvalue weighted by atomic mass is 10.0. The summed E-state index contributed by atoms with van der Waals surface area (Å²) in [6.07, 6.45) is -6.35. The van der Waals surface area contributed by atoms with Gasteiger partial charge in [-0.05, 0) is 20.3 Å². The Morgan fingerprint density at radius 1 is 1.15 bits per heavy atom. The summed E-state index contributed by atoms with van der Waals surface area (Å²) in [5.41, 5.74) is 0.386. The van der Waals surface area contributed by atoms with Crippen molar-refractivity contribution in [2.75, 3.05) is 13.2 Å². The number of halogens is 9. The molecule has 0 radical (unpaired) electrons. The summed E-state index contributed by atoms with van der Waals surface area (Å²) in [7, 11) is -4.41. The molecule has 2 atom stereocenters. The third-order valence-electron chi connectivity index (χ3n) is 3.59. The topological polar surface area (TPSA) is 46.6 Å². The van der Waals surface area contributed by atoms with Crippen molar-refractivity contribution in [2.45, 2.75) is 49.6 Å². The maximum absolute atomic E-state index is 13.9. The van der Waals surface area contributed by atoms with E-state index < -0.39 is 59.2 Å². The Labute approximate surface area is 149 Å². The zero-order chi connectivity index (χ0) is 21.4. The minimum absolute atomic E-state index is 0.0919. The van der Waals surface area contributed by atoms with Crippen LogP contribution in [0.5, 0.6) is 0 Å². The smallest absolute Gasteiger partial charge is 0.460 e. The van der Waals surface area contributed by atoms with Crippen molar-refractivity contribution in [3.8, 4) is 0 Å². The highest BCUT2D eigenvalue weighted by Gasteiger charge is 2.84. The van der Waals surface area contributed by atoms with Gasteiger partial charge in [0.25, 0.3) is 0 Å². The Hall–Kier alpha value is -1.31. The summed E-state index contributed by atoms with van der Waals surface area (Å²) in [5.74, 6) is -15.5. The lowest BCUT2D eigenvalue weighted by Gasteiger charge is -2.38. The van der Waals surface area contributed by atoms with E-state index in [1.54, 1.807) is 0 Å². The number of hydrogen-bond donors (Lipinski definition) is 0. The average molecular weight is 435 g/mol. The fraction of sp³-hybridized carbons (Fsp3) is 0.769. The molecule has 158 valence electrons. The van der Waals surface area contributed by atoms with Crippen molar-refractivity contribution in [3.05, 3.63) is 11.6 Å². The van der Waals surface area contributed by atoms with Crippen molar-refractivity contribution in [1.29, 1.82) is 0 Å². The van der Waals surface area contributed by atoms with E-state index in [2.05, 4.69) is 4.74 Å². The van der Waals surface area contributed by atoms with Crippen LogP contribution in [0.4, 0.5) is 39.5 Å². The van der Waals surface area contributed by atoms with Crippen molar-refractivity contribution >= 4 is 17.0 Å². The Balaban J connectivity index is 3.32. The first-order chi connectivity index (χ1) is 12.0. The van der Waals surface area contributed by atoms with Gasteiger partial charge >= 0.3 is 29.2 Å². The zero-order valence-corrected chi connectivity index (χ0v) is 14.6. The lowest BCUT2D eigenvalue weighted by Crippen LogP contribution is -2.64. The number of nitrogens with zero attached hydrogens (tertiary/aromatic N) is 1. The van der Waals surface area contributed by atoms with Gasteiger partial charge in [0.05, 0.1) is 6.61 Å². The Kier molecular flexibility index (Phi) is 6.68. The Morgan fingerprint density at radius 2 is 1.67 bits per heavy atom. The number of carbonyl (C=O) groups excluding carboxylic acids is 1. The number of carbonyl (C=O) groups is 1. The molecule has 1 unspecified atom stereocenters.